The minimum absolute atomic E-state index is 0.262. The Morgan fingerprint density at radius 3 is 2.65 bits per heavy atom. The summed E-state index contributed by atoms with van der Waals surface area (Å²) < 4.78 is 41.6. The third kappa shape index (κ3) is 5.03. The van der Waals surface area contributed by atoms with E-state index in [1.54, 1.807) is 21.8 Å². The summed E-state index contributed by atoms with van der Waals surface area (Å²) in [5.41, 5.74) is 0.832. The molecule has 40 heavy (non-hydrogen) atoms. The summed E-state index contributed by atoms with van der Waals surface area (Å²) in [6, 6.07) is 5.37. The van der Waals surface area contributed by atoms with Crippen LogP contribution in [0.15, 0.2) is 41.1 Å². The molecule has 0 bridgehead atoms. The Balaban J connectivity index is 1.21. The lowest BCUT2D eigenvalue weighted by Gasteiger charge is -2.34. The third-order valence-electron chi connectivity index (χ3n) is 7.07. The Hall–Kier alpha value is -4.29. The molecule has 0 aliphatic carbocycles. The van der Waals surface area contributed by atoms with Crippen LogP contribution >= 0.6 is 0 Å². The van der Waals surface area contributed by atoms with Gasteiger partial charge in [-0.15, -0.1) is 5.10 Å². The normalized spacial score (nSPS) is 18.1. The number of amides is 1. The maximum absolute atomic E-state index is 14.6. The largest absolute Gasteiger partial charge is 0.444 e. The molecule has 2 fully saturated rings. The molecular formula is C27H30F2N8O3. The van der Waals surface area contributed by atoms with Crippen molar-refractivity contribution in [3.63, 3.8) is 0 Å². The highest BCUT2D eigenvalue weighted by Crippen LogP contribution is 2.37. The summed E-state index contributed by atoms with van der Waals surface area (Å²) >= 11 is 0. The van der Waals surface area contributed by atoms with Gasteiger partial charge in [0.1, 0.15) is 28.6 Å². The standard InChI is InChI=1S/C27H30F2N8O3/c1-27(2,3)40-26(38)35-13-11-34(12-14-35)25-33-32-24(39-25)19-16-30-37-10-8-22(31-23(19)37)36-9-4-5-21(36)18-15-17(28)6-7-20(18)29/h6-8,10,15-16,21H,4-5,9,11-14H2,1-3H3. The number of benzene rings is 1. The highest BCUT2D eigenvalue weighted by Gasteiger charge is 2.31. The van der Waals surface area contributed by atoms with Crippen molar-refractivity contribution in [2.45, 2.75) is 45.3 Å². The average Bonchev–Trinajstić information content (AvgIpc) is 3.68. The van der Waals surface area contributed by atoms with E-state index in [-0.39, 0.29) is 18.0 Å². The average molecular weight is 553 g/mol. The number of fused-ring (bicyclic) bond motifs is 1. The Kier molecular flexibility index (Phi) is 6.51. The molecule has 2 aliphatic rings. The van der Waals surface area contributed by atoms with E-state index in [0.29, 0.717) is 67.8 Å². The van der Waals surface area contributed by atoms with Crippen LogP contribution in [0.25, 0.3) is 17.1 Å². The zero-order chi connectivity index (χ0) is 28.0. The van der Waals surface area contributed by atoms with Crippen molar-refractivity contribution < 1.29 is 22.7 Å². The van der Waals surface area contributed by atoms with E-state index >= 15 is 0 Å². The monoisotopic (exact) mass is 552 g/mol. The quantitative estimate of drug-likeness (QED) is 0.363. The summed E-state index contributed by atoms with van der Waals surface area (Å²) in [4.78, 5) is 22.8. The fraction of sp³-hybridized carbons (Fsp3) is 0.444. The van der Waals surface area contributed by atoms with Gasteiger partial charge in [-0.3, -0.25) is 0 Å². The van der Waals surface area contributed by atoms with Gasteiger partial charge in [0.2, 0.25) is 0 Å². The highest BCUT2D eigenvalue weighted by atomic mass is 19.1. The van der Waals surface area contributed by atoms with Gasteiger partial charge in [-0.2, -0.15) is 5.10 Å². The van der Waals surface area contributed by atoms with Crippen LogP contribution in [0, 0.1) is 11.6 Å². The first kappa shape index (κ1) is 26.0. The topological polar surface area (TPSA) is 105 Å². The zero-order valence-electron chi connectivity index (χ0n) is 22.5. The summed E-state index contributed by atoms with van der Waals surface area (Å²) in [5, 5.41) is 12.8. The summed E-state index contributed by atoms with van der Waals surface area (Å²) in [5.74, 6) is -0.0188. The molecule has 1 unspecified atom stereocenters. The molecule has 0 saturated carbocycles. The van der Waals surface area contributed by atoms with Crippen molar-refractivity contribution in [3.05, 3.63) is 53.9 Å². The van der Waals surface area contributed by atoms with E-state index in [1.165, 1.54) is 6.07 Å². The van der Waals surface area contributed by atoms with Gasteiger partial charge in [0.05, 0.1) is 12.2 Å². The second-order valence-corrected chi connectivity index (χ2v) is 11.0. The molecule has 0 N–H and O–H groups in total. The molecule has 0 spiro atoms. The SMILES string of the molecule is CC(C)(C)OC(=O)N1CCN(c2nnc(-c3cnn4ccc(N5CCCC5c5cc(F)ccc5F)nc34)o2)CC1. The summed E-state index contributed by atoms with van der Waals surface area (Å²) in [6.45, 7) is 8.16. The predicted octanol–water partition coefficient (Wildman–Crippen LogP) is 4.46. The Labute approximate surface area is 229 Å². The Morgan fingerprint density at radius 1 is 1.07 bits per heavy atom. The van der Waals surface area contributed by atoms with E-state index < -0.39 is 17.2 Å². The van der Waals surface area contributed by atoms with Gasteiger partial charge in [0.25, 0.3) is 5.89 Å². The van der Waals surface area contributed by atoms with E-state index in [9.17, 15) is 13.6 Å². The molecule has 13 heteroatoms. The first-order chi connectivity index (χ1) is 19.2. The van der Waals surface area contributed by atoms with Crippen molar-refractivity contribution in [1.29, 1.82) is 0 Å². The second-order valence-electron chi connectivity index (χ2n) is 11.0. The summed E-state index contributed by atoms with van der Waals surface area (Å²) in [7, 11) is 0. The number of carbonyl (C=O) groups is 1. The van der Waals surface area contributed by atoms with Crippen molar-refractivity contribution >= 4 is 23.6 Å². The third-order valence-corrected chi connectivity index (χ3v) is 7.07. The number of piperazine rings is 1. The number of anilines is 2. The van der Waals surface area contributed by atoms with Gasteiger partial charge in [-0.1, -0.05) is 5.10 Å². The number of ether oxygens (including phenoxy) is 1. The molecule has 0 radical (unpaired) electrons. The molecule has 3 aromatic heterocycles. The van der Waals surface area contributed by atoms with Crippen molar-refractivity contribution in [3.8, 4) is 11.5 Å². The lowest BCUT2D eigenvalue weighted by atomic mass is 10.0. The number of aromatic nitrogens is 5. The summed E-state index contributed by atoms with van der Waals surface area (Å²) in [6.07, 6.45) is 4.55. The number of carbonyl (C=O) groups excluding carboxylic acids is 1. The maximum Gasteiger partial charge on any atom is 0.410 e. The molecule has 5 heterocycles. The molecule has 6 rings (SSSR count). The molecule has 1 atom stereocenters. The van der Waals surface area contributed by atoms with E-state index in [1.807, 2.05) is 36.6 Å². The fourth-order valence-corrected chi connectivity index (χ4v) is 5.16. The molecule has 11 nitrogen and oxygen atoms in total. The first-order valence-electron chi connectivity index (χ1n) is 13.3. The van der Waals surface area contributed by atoms with E-state index in [0.717, 1.165) is 18.6 Å². The molecule has 1 amide bonds. The first-order valence-corrected chi connectivity index (χ1v) is 13.3. The van der Waals surface area contributed by atoms with Gasteiger partial charge in [-0.25, -0.2) is 23.1 Å². The highest BCUT2D eigenvalue weighted by molar-refractivity contribution is 5.72. The van der Waals surface area contributed by atoms with Crippen LogP contribution in [-0.4, -0.2) is 74.1 Å². The van der Waals surface area contributed by atoms with Crippen LogP contribution in [0.2, 0.25) is 0 Å². The van der Waals surface area contributed by atoms with Gasteiger partial charge in [0, 0.05) is 44.5 Å². The number of rotatable bonds is 4. The second kappa shape index (κ2) is 10.0. The van der Waals surface area contributed by atoms with Gasteiger partial charge in [0.15, 0.2) is 5.65 Å². The predicted molar refractivity (Wildman–Crippen MR) is 142 cm³/mol. The minimum atomic E-state index is -0.552. The molecule has 2 aliphatic heterocycles. The van der Waals surface area contributed by atoms with Gasteiger partial charge >= 0.3 is 12.1 Å². The van der Waals surface area contributed by atoms with Crippen molar-refractivity contribution in [2.75, 3.05) is 42.5 Å². The lowest BCUT2D eigenvalue weighted by molar-refractivity contribution is 0.0239. The number of hydrogen-bond acceptors (Lipinski definition) is 9. The van der Waals surface area contributed by atoms with Crippen LogP contribution in [0.1, 0.15) is 45.2 Å². The van der Waals surface area contributed by atoms with Crippen LogP contribution < -0.4 is 9.80 Å². The van der Waals surface area contributed by atoms with Crippen LogP contribution in [0.4, 0.5) is 25.4 Å². The van der Waals surface area contributed by atoms with Crippen LogP contribution in [0.5, 0.6) is 0 Å². The van der Waals surface area contributed by atoms with E-state index in [2.05, 4.69) is 15.3 Å². The van der Waals surface area contributed by atoms with E-state index in [4.69, 9.17) is 14.1 Å². The van der Waals surface area contributed by atoms with Gasteiger partial charge < -0.3 is 23.9 Å². The molecular weight excluding hydrogens is 522 g/mol. The van der Waals surface area contributed by atoms with Crippen LogP contribution in [-0.2, 0) is 4.74 Å². The molecule has 1 aromatic carbocycles. The molecule has 4 aromatic rings. The molecule has 2 saturated heterocycles. The Morgan fingerprint density at radius 2 is 1.88 bits per heavy atom. The van der Waals surface area contributed by atoms with Crippen LogP contribution in [0.3, 0.4) is 0 Å². The van der Waals surface area contributed by atoms with Crippen molar-refractivity contribution in [2.24, 2.45) is 0 Å². The smallest absolute Gasteiger partial charge is 0.410 e. The van der Waals surface area contributed by atoms with Crippen molar-refractivity contribution in [1.82, 2.24) is 29.7 Å². The lowest BCUT2D eigenvalue weighted by Crippen LogP contribution is -2.50. The molecule has 210 valence electrons. The van der Waals surface area contributed by atoms with Gasteiger partial charge in [-0.05, 0) is 57.9 Å². The minimum Gasteiger partial charge on any atom is -0.444 e. The maximum atomic E-state index is 14.6. The number of nitrogens with zero attached hydrogens (tertiary/aromatic N) is 8. The number of hydrogen-bond donors (Lipinski definition) is 0. The Bertz CT molecular complexity index is 1540. The zero-order valence-corrected chi connectivity index (χ0v) is 22.5. The fourth-order valence-electron chi connectivity index (χ4n) is 5.16. The number of halogens is 2.